The maximum Gasteiger partial charge on any atom is 0.141 e. The van der Waals surface area contributed by atoms with Crippen LogP contribution in [-0.4, -0.2) is 43.8 Å². The van der Waals surface area contributed by atoms with Gasteiger partial charge in [-0.05, 0) is 53.4 Å². The molecule has 3 rings (SSSR count). The standard InChI is InChI=1S/C16H29N5/c1-12(2)21-14(17-11-19-21)8-20-10-16(5,13-6-7-13)18-9-15(20,3)4/h11-13,18H,6-10H2,1-5H3. The zero-order valence-electron chi connectivity index (χ0n) is 14.1. The normalized spacial score (nSPS) is 30.0. The van der Waals surface area contributed by atoms with Gasteiger partial charge in [-0.1, -0.05) is 0 Å². The Bertz CT molecular complexity index is 503. The highest BCUT2D eigenvalue weighted by atomic mass is 15.4. The van der Waals surface area contributed by atoms with Crippen molar-refractivity contribution in [1.82, 2.24) is 25.0 Å². The van der Waals surface area contributed by atoms with Crippen LogP contribution in [-0.2, 0) is 6.54 Å². The summed E-state index contributed by atoms with van der Waals surface area (Å²) in [6.07, 6.45) is 4.44. The lowest BCUT2D eigenvalue weighted by molar-refractivity contribution is 0.0147. The zero-order chi connectivity index (χ0) is 15.3. The molecule has 1 aromatic heterocycles. The second-order valence-corrected chi connectivity index (χ2v) is 7.93. The fourth-order valence-corrected chi connectivity index (χ4v) is 3.45. The van der Waals surface area contributed by atoms with E-state index in [1.165, 1.54) is 12.8 Å². The highest BCUT2D eigenvalue weighted by molar-refractivity contribution is 5.07. The second-order valence-electron chi connectivity index (χ2n) is 7.93. The van der Waals surface area contributed by atoms with E-state index in [9.17, 15) is 0 Å². The molecule has 0 bridgehead atoms. The molecule has 5 heteroatoms. The number of nitrogens with one attached hydrogen (secondary N) is 1. The lowest BCUT2D eigenvalue weighted by Gasteiger charge is -2.51. The molecule has 1 saturated carbocycles. The first kappa shape index (κ1) is 15.0. The van der Waals surface area contributed by atoms with E-state index in [1.54, 1.807) is 6.33 Å². The molecule has 2 fully saturated rings. The first-order chi connectivity index (χ1) is 9.82. The number of piperazine rings is 1. The smallest absolute Gasteiger partial charge is 0.141 e. The molecule has 1 aliphatic heterocycles. The minimum atomic E-state index is 0.155. The molecule has 118 valence electrons. The van der Waals surface area contributed by atoms with Gasteiger partial charge in [0, 0.05) is 30.2 Å². The Morgan fingerprint density at radius 3 is 2.67 bits per heavy atom. The van der Waals surface area contributed by atoms with Crippen LogP contribution in [0, 0.1) is 5.92 Å². The molecule has 1 N–H and O–H groups in total. The van der Waals surface area contributed by atoms with Gasteiger partial charge in [-0.2, -0.15) is 5.10 Å². The molecule has 0 spiro atoms. The Balaban J connectivity index is 1.79. The molecular weight excluding hydrogens is 262 g/mol. The minimum Gasteiger partial charge on any atom is -0.308 e. The molecule has 0 aromatic carbocycles. The van der Waals surface area contributed by atoms with Crippen LogP contribution in [0.4, 0.5) is 0 Å². The highest BCUT2D eigenvalue weighted by Gasteiger charge is 2.48. The second kappa shape index (κ2) is 5.06. The number of aromatic nitrogens is 3. The molecule has 21 heavy (non-hydrogen) atoms. The van der Waals surface area contributed by atoms with E-state index in [4.69, 9.17) is 0 Å². The van der Waals surface area contributed by atoms with Crippen LogP contribution in [0.15, 0.2) is 6.33 Å². The summed E-state index contributed by atoms with van der Waals surface area (Å²) < 4.78 is 2.05. The highest BCUT2D eigenvalue weighted by Crippen LogP contribution is 2.42. The SMILES string of the molecule is CC(C)n1ncnc1CN1CC(C)(C2CC2)NCC1(C)C. The molecule has 1 aromatic rings. The lowest BCUT2D eigenvalue weighted by Crippen LogP contribution is -2.67. The molecule has 1 atom stereocenters. The van der Waals surface area contributed by atoms with E-state index in [-0.39, 0.29) is 11.1 Å². The number of hydrogen-bond donors (Lipinski definition) is 1. The summed E-state index contributed by atoms with van der Waals surface area (Å²) in [5, 5.41) is 8.19. The molecule has 0 radical (unpaired) electrons. The predicted molar refractivity (Wildman–Crippen MR) is 84.0 cm³/mol. The quantitative estimate of drug-likeness (QED) is 0.924. The van der Waals surface area contributed by atoms with Crippen molar-refractivity contribution in [2.45, 2.75) is 71.1 Å². The largest absolute Gasteiger partial charge is 0.308 e. The van der Waals surface area contributed by atoms with Crippen molar-refractivity contribution in [3.05, 3.63) is 12.2 Å². The molecule has 2 aliphatic rings. The van der Waals surface area contributed by atoms with Gasteiger partial charge in [-0.15, -0.1) is 0 Å². The Kier molecular flexibility index (Phi) is 3.61. The van der Waals surface area contributed by atoms with Gasteiger partial charge in [0.1, 0.15) is 12.2 Å². The van der Waals surface area contributed by atoms with E-state index >= 15 is 0 Å². The van der Waals surface area contributed by atoms with Crippen molar-refractivity contribution in [3.63, 3.8) is 0 Å². The van der Waals surface area contributed by atoms with Crippen LogP contribution in [0.1, 0.15) is 59.3 Å². The summed E-state index contributed by atoms with van der Waals surface area (Å²) in [5.41, 5.74) is 0.417. The molecule has 5 nitrogen and oxygen atoms in total. The van der Waals surface area contributed by atoms with Crippen LogP contribution < -0.4 is 5.32 Å². The number of nitrogens with zero attached hydrogens (tertiary/aromatic N) is 4. The van der Waals surface area contributed by atoms with Crippen LogP contribution in [0.2, 0.25) is 0 Å². The third kappa shape index (κ3) is 2.86. The maximum atomic E-state index is 4.50. The van der Waals surface area contributed by atoms with Gasteiger partial charge in [-0.3, -0.25) is 4.90 Å². The van der Waals surface area contributed by atoms with Crippen molar-refractivity contribution in [3.8, 4) is 0 Å². The average Bonchev–Trinajstić information content (AvgIpc) is 3.16. The van der Waals surface area contributed by atoms with Crippen LogP contribution in [0.5, 0.6) is 0 Å². The van der Waals surface area contributed by atoms with Crippen molar-refractivity contribution >= 4 is 0 Å². The first-order valence-corrected chi connectivity index (χ1v) is 8.20. The van der Waals surface area contributed by atoms with Crippen LogP contribution >= 0.6 is 0 Å². The summed E-state index contributed by atoms with van der Waals surface area (Å²) in [6.45, 7) is 14.4. The maximum absolute atomic E-state index is 4.50. The van der Waals surface area contributed by atoms with Gasteiger partial charge >= 0.3 is 0 Å². The van der Waals surface area contributed by atoms with Gasteiger partial charge in [0.15, 0.2) is 0 Å². The third-order valence-corrected chi connectivity index (χ3v) is 5.25. The van der Waals surface area contributed by atoms with Crippen molar-refractivity contribution in [1.29, 1.82) is 0 Å². The zero-order valence-corrected chi connectivity index (χ0v) is 14.1. The molecule has 0 amide bonds. The molecule has 1 saturated heterocycles. The summed E-state index contributed by atoms with van der Waals surface area (Å²) >= 11 is 0. The van der Waals surface area contributed by atoms with E-state index in [0.717, 1.165) is 31.4 Å². The molecule has 2 heterocycles. The summed E-state index contributed by atoms with van der Waals surface area (Å²) in [6, 6.07) is 0.364. The van der Waals surface area contributed by atoms with Gasteiger partial charge < -0.3 is 5.32 Å². The van der Waals surface area contributed by atoms with Crippen molar-refractivity contribution < 1.29 is 0 Å². The molecule has 1 unspecified atom stereocenters. The Hall–Kier alpha value is -0.940. The predicted octanol–water partition coefficient (Wildman–Crippen LogP) is 2.21. The van der Waals surface area contributed by atoms with Gasteiger partial charge in [0.25, 0.3) is 0 Å². The topological polar surface area (TPSA) is 46.0 Å². The minimum absolute atomic E-state index is 0.155. The first-order valence-electron chi connectivity index (χ1n) is 8.20. The van der Waals surface area contributed by atoms with Crippen LogP contribution in [0.25, 0.3) is 0 Å². The third-order valence-electron chi connectivity index (χ3n) is 5.25. The average molecular weight is 291 g/mol. The van der Waals surface area contributed by atoms with Crippen molar-refractivity contribution in [2.24, 2.45) is 5.92 Å². The van der Waals surface area contributed by atoms with E-state index in [0.29, 0.717) is 6.04 Å². The summed E-state index contributed by atoms with van der Waals surface area (Å²) in [5.74, 6) is 1.93. The Labute approximate surface area is 128 Å². The van der Waals surface area contributed by atoms with E-state index < -0.39 is 0 Å². The fourth-order valence-electron chi connectivity index (χ4n) is 3.45. The Morgan fingerprint density at radius 1 is 1.33 bits per heavy atom. The lowest BCUT2D eigenvalue weighted by atomic mass is 9.86. The van der Waals surface area contributed by atoms with Gasteiger partial charge in [-0.25, -0.2) is 9.67 Å². The molecular formula is C16H29N5. The van der Waals surface area contributed by atoms with E-state index in [1.807, 2.05) is 4.68 Å². The van der Waals surface area contributed by atoms with E-state index in [2.05, 4.69) is 54.9 Å². The van der Waals surface area contributed by atoms with Crippen molar-refractivity contribution in [2.75, 3.05) is 13.1 Å². The van der Waals surface area contributed by atoms with Crippen LogP contribution in [0.3, 0.4) is 0 Å². The van der Waals surface area contributed by atoms with Gasteiger partial charge in [0.05, 0.1) is 6.54 Å². The summed E-state index contributed by atoms with van der Waals surface area (Å²) in [7, 11) is 0. The Morgan fingerprint density at radius 2 is 2.05 bits per heavy atom. The summed E-state index contributed by atoms with van der Waals surface area (Å²) in [4.78, 5) is 7.08. The number of hydrogen-bond acceptors (Lipinski definition) is 4. The number of rotatable bonds is 4. The van der Waals surface area contributed by atoms with Gasteiger partial charge in [0.2, 0.25) is 0 Å². The molecule has 1 aliphatic carbocycles. The fraction of sp³-hybridized carbons (Fsp3) is 0.875. The monoisotopic (exact) mass is 291 g/mol.